The van der Waals surface area contributed by atoms with Crippen LogP contribution in [0.1, 0.15) is 17.0 Å². The number of anilines is 1. The third-order valence-corrected chi connectivity index (χ3v) is 3.55. The molecule has 1 amide bonds. The van der Waals surface area contributed by atoms with Crippen molar-refractivity contribution in [3.8, 4) is 0 Å². The number of hydrogen-bond donors (Lipinski definition) is 1. The van der Waals surface area contributed by atoms with Crippen LogP contribution in [0.2, 0.25) is 5.02 Å². The normalized spacial score (nSPS) is 11.6. The molecule has 1 N–H and O–H groups in total. The molecule has 2 aromatic rings. The van der Waals surface area contributed by atoms with Gasteiger partial charge in [0, 0.05) is 10.7 Å². The lowest BCUT2D eigenvalue weighted by Crippen LogP contribution is -2.29. The number of aryl methyl sites for hydroxylation is 1. The number of halogens is 2. The molecule has 0 aliphatic heterocycles. The number of Topliss-reactive ketones (excluding diaryl/α,β-unsaturated/α-hetero) is 1. The Morgan fingerprint density at radius 1 is 1.17 bits per heavy atom. The quantitative estimate of drug-likeness (QED) is 0.519. The lowest BCUT2D eigenvalue weighted by atomic mass is 9.95. The summed E-state index contributed by atoms with van der Waals surface area (Å²) >= 11 is 5.85. The number of nitrogens with one attached hydrogen (secondary N) is 1. The van der Waals surface area contributed by atoms with Gasteiger partial charge in [-0.2, -0.15) is 0 Å². The Bertz CT molecular complexity index is 759. The Hall–Kier alpha value is -2.53. The molecule has 0 saturated heterocycles. The molecular weight excluding hydrogens is 321 g/mol. The first-order valence-electron chi connectivity index (χ1n) is 6.74. The fourth-order valence-corrected chi connectivity index (χ4v) is 2.19. The number of carbonyl (C=O) groups excluding carboxylic acids is 3. The number of carbonyl (C=O) groups is 3. The highest BCUT2D eigenvalue weighted by molar-refractivity contribution is 6.45. The predicted molar refractivity (Wildman–Crippen MR) is 85.0 cm³/mol. The van der Waals surface area contributed by atoms with Gasteiger partial charge in [0.25, 0.3) is 5.91 Å². The summed E-state index contributed by atoms with van der Waals surface area (Å²) in [5.41, 5.74) is 1.36. The molecule has 118 valence electrons. The van der Waals surface area contributed by atoms with Crippen LogP contribution >= 0.6 is 11.6 Å². The Labute approximate surface area is 137 Å². The average molecular weight is 334 g/mol. The van der Waals surface area contributed by atoms with Crippen molar-refractivity contribution in [1.29, 1.82) is 0 Å². The van der Waals surface area contributed by atoms with Crippen LogP contribution in [0.15, 0.2) is 42.5 Å². The summed E-state index contributed by atoms with van der Waals surface area (Å²) in [5.74, 6) is -3.64. The molecule has 0 bridgehead atoms. The van der Waals surface area contributed by atoms with E-state index in [1.165, 1.54) is 18.2 Å². The molecule has 2 aromatic carbocycles. The molecule has 0 saturated carbocycles. The molecular formula is C17H13ClFNO3. The Morgan fingerprint density at radius 2 is 1.83 bits per heavy atom. The van der Waals surface area contributed by atoms with Gasteiger partial charge in [-0.1, -0.05) is 29.8 Å². The van der Waals surface area contributed by atoms with Crippen molar-refractivity contribution in [3.63, 3.8) is 0 Å². The second-order valence-electron chi connectivity index (χ2n) is 4.94. The van der Waals surface area contributed by atoms with E-state index in [2.05, 4.69) is 5.32 Å². The molecule has 0 radical (unpaired) electrons. The van der Waals surface area contributed by atoms with Crippen LogP contribution < -0.4 is 5.32 Å². The summed E-state index contributed by atoms with van der Waals surface area (Å²) < 4.78 is 12.9. The lowest BCUT2D eigenvalue weighted by molar-refractivity contribution is -0.137. The molecule has 23 heavy (non-hydrogen) atoms. The largest absolute Gasteiger partial charge is 0.319 e. The zero-order chi connectivity index (χ0) is 17.0. The average Bonchev–Trinajstić information content (AvgIpc) is 2.53. The van der Waals surface area contributed by atoms with E-state index < -0.39 is 23.4 Å². The lowest BCUT2D eigenvalue weighted by Gasteiger charge is -2.12. The van der Waals surface area contributed by atoms with E-state index in [0.717, 1.165) is 17.7 Å². The minimum Gasteiger partial charge on any atom is -0.319 e. The van der Waals surface area contributed by atoms with Gasteiger partial charge in [0.05, 0.1) is 0 Å². The number of aldehydes is 1. The van der Waals surface area contributed by atoms with Crippen molar-refractivity contribution in [2.45, 2.75) is 12.8 Å². The zero-order valence-corrected chi connectivity index (χ0v) is 12.9. The second kappa shape index (κ2) is 7.15. The molecule has 0 fully saturated rings. The number of rotatable bonds is 5. The van der Waals surface area contributed by atoms with Crippen molar-refractivity contribution in [2.24, 2.45) is 0 Å². The maximum Gasteiger partial charge on any atom is 0.292 e. The highest BCUT2D eigenvalue weighted by Crippen LogP contribution is 2.21. The minimum atomic E-state index is -1.28. The molecule has 6 heteroatoms. The summed E-state index contributed by atoms with van der Waals surface area (Å²) in [6.07, 6.45) is 0.361. The summed E-state index contributed by atoms with van der Waals surface area (Å²) in [6, 6.07) is 9.70. The Morgan fingerprint density at radius 3 is 2.43 bits per heavy atom. The number of hydrogen-bond acceptors (Lipinski definition) is 3. The van der Waals surface area contributed by atoms with Crippen molar-refractivity contribution in [3.05, 3.63) is 64.4 Å². The molecule has 0 aliphatic rings. The Balaban J connectivity index is 2.20. The van der Waals surface area contributed by atoms with Crippen LogP contribution in [0.3, 0.4) is 0 Å². The molecule has 4 nitrogen and oxygen atoms in total. The van der Waals surface area contributed by atoms with Gasteiger partial charge in [0.2, 0.25) is 5.78 Å². The monoisotopic (exact) mass is 333 g/mol. The third-order valence-electron chi connectivity index (χ3n) is 3.32. The molecule has 1 atom stereocenters. The van der Waals surface area contributed by atoms with Gasteiger partial charge < -0.3 is 10.1 Å². The van der Waals surface area contributed by atoms with E-state index in [1.807, 2.05) is 0 Å². The van der Waals surface area contributed by atoms with Crippen molar-refractivity contribution in [2.75, 3.05) is 5.32 Å². The van der Waals surface area contributed by atoms with E-state index in [-0.39, 0.29) is 5.56 Å². The first-order valence-corrected chi connectivity index (χ1v) is 7.12. The maximum atomic E-state index is 12.9. The van der Waals surface area contributed by atoms with Crippen LogP contribution in [-0.4, -0.2) is 18.0 Å². The first-order chi connectivity index (χ1) is 10.9. The van der Waals surface area contributed by atoms with Gasteiger partial charge in [-0.25, -0.2) is 4.39 Å². The van der Waals surface area contributed by atoms with Gasteiger partial charge in [0.1, 0.15) is 18.0 Å². The summed E-state index contributed by atoms with van der Waals surface area (Å²) in [4.78, 5) is 35.5. The second-order valence-corrected chi connectivity index (χ2v) is 5.38. The molecule has 0 aromatic heterocycles. The topological polar surface area (TPSA) is 63.2 Å². The van der Waals surface area contributed by atoms with Crippen molar-refractivity contribution < 1.29 is 18.8 Å². The van der Waals surface area contributed by atoms with Crippen molar-refractivity contribution >= 4 is 35.3 Å². The molecule has 0 spiro atoms. The highest BCUT2D eigenvalue weighted by Gasteiger charge is 2.27. The van der Waals surface area contributed by atoms with Crippen LogP contribution in [0.4, 0.5) is 10.1 Å². The predicted octanol–water partition coefficient (Wildman–Crippen LogP) is 3.28. The van der Waals surface area contributed by atoms with Crippen molar-refractivity contribution in [1.82, 2.24) is 0 Å². The standard InChI is InChI=1S/C17H13ClFNO3/c1-10-2-5-12(18)8-15(10)20-17(23)16(22)14(9-21)11-3-6-13(19)7-4-11/h2-9,14H,1H3,(H,20,23). The van der Waals surface area contributed by atoms with Gasteiger partial charge in [-0.15, -0.1) is 0 Å². The SMILES string of the molecule is Cc1ccc(Cl)cc1NC(=O)C(=O)C(C=O)c1ccc(F)cc1. The molecule has 2 rings (SSSR count). The first kappa shape index (κ1) is 16.8. The number of amides is 1. The zero-order valence-electron chi connectivity index (χ0n) is 12.2. The number of ketones is 1. The Kier molecular flexibility index (Phi) is 5.24. The third kappa shape index (κ3) is 4.02. The molecule has 1 unspecified atom stereocenters. The smallest absolute Gasteiger partial charge is 0.292 e. The van der Waals surface area contributed by atoms with Gasteiger partial charge in [-0.05, 0) is 42.3 Å². The van der Waals surface area contributed by atoms with E-state index in [4.69, 9.17) is 11.6 Å². The maximum absolute atomic E-state index is 12.9. The summed E-state index contributed by atoms with van der Waals surface area (Å²) in [5, 5.41) is 2.85. The highest BCUT2D eigenvalue weighted by atomic mass is 35.5. The van der Waals surface area contributed by atoms with Gasteiger partial charge in [0.15, 0.2) is 0 Å². The fourth-order valence-electron chi connectivity index (χ4n) is 2.02. The fraction of sp³-hybridized carbons (Fsp3) is 0.118. The van der Waals surface area contributed by atoms with Crippen LogP contribution in [0.5, 0.6) is 0 Å². The van der Waals surface area contributed by atoms with E-state index in [1.54, 1.807) is 19.1 Å². The molecule has 0 aliphatic carbocycles. The van der Waals surface area contributed by atoms with Gasteiger partial charge in [-0.3, -0.25) is 9.59 Å². The van der Waals surface area contributed by atoms with Gasteiger partial charge >= 0.3 is 0 Å². The van der Waals surface area contributed by atoms with E-state index in [9.17, 15) is 18.8 Å². The minimum absolute atomic E-state index is 0.254. The van der Waals surface area contributed by atoms with Crippen LogP contribution in [-0.2, 0) is 14.4 Å². The van der Waals surface area contributed by atoms with E-state index in [0.29, 0.717) is 17.0 Å². The molecule has 0 heterocycles. The van der Waals surface area contributed by atoms with Crippen LogP contribution in [0, 0.1) is 12.7 Å². The summed E-state index contributed by atoms with van der Waals surface area (Å²) in [7, 11) is 0. The summed E-state index contributed by atoms with van der Waals surface area (Å²) in [6.45, 7) is 1.74. The van der Waals surface area contributed by atoms with E-state index >= 15 is 0 Å². The van der Waals surface area contributed by atoms with Crippen LogP contribution in [0.25, 0.3) is 0 Å². The number of benzene rings is 2.